The minimum Gasteiger partial charge on any atom is -0.351 e. The summed E-state index contributed by atoms with van der Waals surface area (Å²) < 4.78 is 26.8. The molecule has 0 saturated carbocycles. The number of carbonyl (C=O) groups is 1. The predicted octanol–water partition coefficient (Wildman–Crippen LogP) is 2.39. The zero-order valence-corrected chi connectivity index (χ0v) is 14.9. The highest BCUT2D eigenvalue weighted by Crippen LogP contribution is 2.24. The van der Waals surface area contributed by atoms with Crippen molar-refractivity contribution >= 4 is 15.9 Å². The largest absolute Gasteiger partial charge is 0.351 e. The Bertz CT molecular complexity index is 641. The molecule has 1 aliphatic heterocycles. The van der Waals surface area contributed by atoms with E-state index in [2.05, 4.69) is 5.32 Å². The van der Waals surface area contributed by atoms with Gasteiger partial charge in [-0.1, -0.05) is 25.1 Å². The summed E-state index contributed by atoms with van der Waals surface area (Å²) in [5, 5.41) is 3.03. The average molecular weight is 338 g/mol. The minimum atomic E-state index is -3.52. The Morgan fingerprint density at radius 3 is 2.57 bits per heavy atom. The fraction of sp³-hybridized carbons (Fsp3) is 0.588. The first-order chi connectivity index (χ1) is 10.8. The van der Waals surface area contributed by atoms with Crippen molar-refractivity contribution in [3.63, 3.8) is 0 Å². The van der Waals surface area contributed by atoms with Crippen LogP contribution in [0.5, 0.6) is 0 Å². The quantitative estimate of drug-likeness (QED) is 0.896. The first-order valence-electron chi connectivity index (χ1n) is 8.13. The third-order valence-electron chi connectivity index (χ3n) is 4.48. The van der Waals surface area contributed by atoms with E-state index >= 15 is 0 Å². The fourth-order valence-electron chi connectivity index (χ4n) is 2.64. The third kappa shape index (κ3) is 4.32. The van der Waals surface area contributed by atoms with E-state index in [1.165, 1.54) is 4.31 Å². The van der Waals surface area contributed by atoms with Crippen molar-refractivity contribution in [3.8, 4) is 0 Å². The van der Waals surface area contributed by atoms with Gasteiger partial charge in [-0.2, -0.15) is 4.31 Å². The van der Waals surface area contributed by atoms with Gasteiger partial charge in [0.05, 0.1) is 10.8 Å². The summed E-state index contributed by atoms with van der Waals surface area (Å²) in [6.45, 7) is 6.70. The Hall–Kier alpha value is -1.40. The van der Waals surface area contributed by atoms with Gasteiger partial charge in [0.15, 0.2) is 0 Å². The number of carbonyl (C=O) groups excluding carboxylic acids is 1. The summed E-state index contributed by atoms with van der Waals surface area (Å²) in [4.78, 5) is 12.7. The first kappa shape index (κ1) is 17.9. The van der Waals surface area contributed by atoms with E-state index in [0.717, 1.165) is 12.8 Å². The van der Waals surface area contributed by atoms with Gasteiger partial charge >= 0.3 is 0 Å². The first-order valence-corrected chi connectivity index (χ1v) is 9.57. The molecule has 1 heterocycles. The summed E-state index contributed by atoms with van der Waals surface area (Å²) in [7, 11) is -3.52. The molecule has 0 bridgehead atoms. The number of sulfonamides is 1. The molecule has 1 aromatic rings. The van der Waals surface area contributed by atoms with Gasteiger partial charge in [-0.25, -0.2) is 8.42 Å². The van der Waals surface area contributed by atoms with Crippen molar-refractivity contribution in [2.45, 2.75) is 50.5 Å². The van der Waals surface area contributed by atoms with Gasteiger partial charge in [0.2, 0.25) is 15.9 Å². The summed E-state index contributed by atoms with van der Waals surface area (Å²) in [5.74, 6) is -0.335. The van der Waals surface area contributed by atoms with Gasteiger partial charge in [-0.15, -0.1) is 0 Å². The zero-order chi connectivity index (χ0) is 17.1. The highest BCUT2D eigenvalue weighted by Gasteiger charge is 2.34. The molecule has 23 heavy (non-hydrogen) atoms. The molecule has 0 spiro atoms. The molecule has 0 aliphatic carbocycles. The molecular formula is C17H26N2O3S. The van der Waals surface area contributed by atoms with Crippen LogP contribution in [0, 0.1) is 5.92 Å². The van der Waals surface area contributed by atoms with Crippen molar-refractivity contribution < 1.29 is 13.2 Å². The number of amides is 1. The predicted molar refractivity (Wildman–Crippen MR) is 90.4 cm³/mol. The van der Waals surface area contributed by atoms with Gasteiger partial charge < -0.3 is 5.32 Å². The van der Waals surface area contributed by atoms with Crippen molar-refractivity contribution in [1.82, 2.24) is 9.62 Å². The maximum absolute atomic E-state index is 12.7. The molecule has 1 atom stereocenters. The van der Waals surface area contributed by atoms with E-state index in [-0.39, 0.29) is 28.8 Å². The number of rotatable bonds is 5. The normalized spacial score (nSPS) is 20.2. The Morgan fingerprint density at radius 1 is 1.30 bits per heavy atom. The second kappa shape index (κ2) is 7.01. The molecule has 1 N–H and O–H groups in total. The maximum Gasteiger partial charge on any atom is 0.243 e. The molecule has 1 amide bonds. The Morgan fingerprint density at radius 2 is 1.96 bits per heavy atom. The van der Waals surface area contributed by atoms with E-state index in [1.54, 1.807) is 30.3 Å². The topological polar surface area (TPSA) is 66.5 Å². The molecule has 6 heteroatoms. The molecule has 5 nitrogen and oxygen atoms in total. The zero-order valence-electron chi connectivity index (χ0n) is 14.1. The fourth-order valence-corrected chi connectivity index (χ4v) is 4.19. The van der Waals surface area contributed by atoms with Gasteiger partial charge in [-0.3, -0.25) is 4.79 Å². The van der Waals surface area contributed by atoms with Crippen LogP contribution in [0.25, 0.3) is 0 Å². The number of nitrogens with zero attached hydrogens (tertiary/aromatic N) is 1. The molecule has 0 aromatic heterocycles. The lowest BCUT2D eigenvalue weighted by molar-refractivity contribution is -0.127. The number of hydrogen-bond donors (Lipinski definition) is 1. The van der Waals surface area contributed by atoms with Crippen LogP contribution >= 0.6 is 0 Å². The van der Waals surface area contributed by atoms with Crippen LogP contribution in [-0.4, -0.2) is 37.3 Å². The van der Waals surface area contributed by atoms with Crippen molar-refractivity contribution in [3.05, 3.63) is 30.3 Å². The van der Waals surface area contributed by atoms with E-state index in [0.29, 0.717) is 13.0 Å². The Balaban J connectivity index is 2.11. The molecule has 1 fully saturated rings. The lowest BCUT2D eigenvalue weighted by Gasteiger charge is -2.33. The second-order valence-electron chi connectivity index (χ2n) is 6.74. The van der Waals surface area contributed by atoms with Crippen LogP contribution in [0.3, 0.4) is 0 Å². The molecule has 1 saturated heterocycles. The van der Waals surface area contributed by atoms with E-state index in [4.69, 9.17) is 0 Å². The van der Waals surface area contributed by atoms with Crippen LogP contribution < -0.4 is 5.32 Å². The second-order valence-corrected chi connectivity index (χ2v) is 8.68. The van der Waals surface area contributed by atoms with Crippen molar-refractivity contribution in [2.75, 3.05) is 13.1 Å². The molecule has 0 radical (unpaired) electrons. The lowest BCUT2D eigenvalue weighted by atomic mass is 9.95. The lowest BCUT2D eigenvalue weighted by Crippen LogP contribution is -2.50. The standard InChI is InChI=1S/C17H26N2O3S/c1-4-17(2,3)18-16(20)14-9-8-12-19(13-14)23(21,22)15-10-6-5-7-11-15/h5-7,10-11,14H,4,8-9,12-13H2,1-3H3,(H,18,20)/t14-/m0/s1. The Kier molecular flexibility index (Phi) is 5.47. The van der Waals surface area contributed by atoms with Gasteiger partial charge in [0.25, 0.3) is 0 Å². The number of piperidine rings is 1. The summed E-state index contributed by atoms with van der Waals surface area (Å²) >= 11 is 0. The molecule has 1 aromatic carbocycles. The van der Waals surface area contributed by atoms with Crippen LogP contribution in [0.1, 0.15) is 40.0 Å². The molecule has 1 aliphatic rings. The van der Waals surface area contributed by atoms with Gasteiger partial charge in [-0.05, 0) is 45.2 Å². The molecular weight excluding hydrogens is 312 g/mol. The summed E-state index contributed by atoms with van der Waals surface area (Å²) in [6, 6.07) is 8.41. The number of hydrogen-bond acceptors (Lipinski definition) is 3. The number of benzene rings is 1. The van der Waals surface area contributed by atoms with Crippen LogP contribution in [0.2, 0.25) is 0 Å². The van der Waals surface area contributed by atoms with E-state index in [1.807, 2.05) is 20.8 Å². The smallest absolute Gasteiger partial charge is 0.243 e. The maximum atomic E-state index is 12.7. The molecule has 128 valence electrons. The van der Waals surface area contributed by atoms with E-state index < -0.39 is 10.0 Å². The monoisotopic (exact) mass is 338 g/mol. The van der Waals surface area contributed by atoms with Crippen LogP contribution in [-0.2, 0) is 14.8 Å². The third-order valence-corrected chi connectivity index (χ3v) is 6.36. The molecule has 0 unspecified atom stereocenters. The average Bonchev–Trinajstić information content (AvgIpc) is 2.55. The highest BCUT2D eigenvalue weighted by molar-refractivity contribution is 7.89. The summed E-state index contributed by atoms with van der Waals surface area (Å²) in [6.07, 6.45) is 2.26. The Labute approximate surface area is 139 Å². The minimum absolute atomic E-state index is 0.0511. The van der Waals surface area contributed by atoms with Crippen molar-refractivity contribution in [1.29, 1.82) is 0 Å². The van der Waals surface area contributed by atoms with Crippen LogP contribution in [0.15, 0.2) is 35.2 Å². The van der Waals surface area contributed by atoms with Crippen molar-refractivity contribution in [2.24, 2.45) is 5.92 Å². The van der Waals surface area contributed by atoms with Gasteiger partial charge in [0, 0.05) is 18.6 Å². The van der Waals surface area contributed by atoms with Gasteiger partial charge in [0.1, 0.15) is 0 Å². The summed E-state index contributed by atoms with van der Waals surface area (Å²) in [5.41, 5.74) is -0.266. The highest BCUT2D eigenvalue weighted by atomic mass is 32.2. The SMILES string of the molecule is CCC(C)(C)NC(=O)[C@H]1CCCN(S(=O)(=O)c2ccccc2)C1. The van der Waals surface area contributed by atoms with Crippen LogP contribution in [0.4, 0.5) is 0 Å². The number of nitrogens with one attached hydrogen (secondary N) is 1. The molecule has 2 rings (SSSR count). The van der Waals surface area contributed by atoms with E-state index in [9.17, 15) is 13.2 Å².